The Morgan fingerprint density at radius 3 is 1.24 bits per heavy atom. The molecule has 10 aromatic rings. The number of fused-ring (bicyclic) bond motifs is 7. The third-order valence-electron chi connectivity index (χ3n) is 16.3. The zero-order valence-electron chi connectivity index (χ0n) is 44.1. The summed E-state index contributed by atoms with van der Waals surface area (Å²) in [5.41, 5.74) is 25.2. The molecular formula is C69H65N3. The van der Waals surface area contributed by atoms with Crippen LogP contribution in [0.25, 0.3) is 60.5 Å². The van der Waals surface area contributed by atoms with Gasteiger partial charge in [-0.1, -0.05) is 192 Å². The van der Waals surface area contributed by atoms with E-state index in [1.807, 2.05) is 0 Å². The lowest BCUT2D eigenvalue weighted by Crippen LogP contribution is -2.30. The Bertz CT molecular complexity index is 3740. The molecule has 0 bridgehead atoms. The van der Waals surface area contributed by atoms with Gasteiger partial charge in [-0.25, -0.2) is 0 Å². The Kier molecular flexibility index (Phi) is 9.34. The SMILES string of the molecule is CC(C)(C)c1ccc(N2c3ccc(C(C)(C)C)cc3C3c4cc(C(C)(C)C)ccc4N(c4ccc(C(C)(C)C)cc4)c4cc(-n5c6cccc7c6c6c8c(cccc8ccc65)-c5ccccc5-7)cc2c43)cc1. The van der Waals surface area contributed by atoms with Crippen molar-refractivity contribution in [1.82, 2.24) is 4.57 Å². The maximum Gasteiger partial charge on any atom is 0.0548 e. The van der Waals surface area contributed by atoms with Crippen molar-refractivity contribution in [2.24, 2.45) is 0 Å². The van der Waals surface area contributed by atoms with Crippen LogP contribution in [0.5, 0.6) is 0 Å². The summed E-state index contributed by atoms with van der Waals surface area (Å²) in [5.74, 6) is -0.0211. The second-order valence-electron chi connectivity index (χ2n) is 25.1. The third-order valence-corrected chi connectivity index (χ3v) is 16.3. The van der Waals surface area contributed by atoms with Gasteiger partial charge in [0.1, 0.15) is 0 Å². The molecule has 72 heavy (non-hydrogen) atoms. The Morgan fingerprint density at radius 2 is 0.750 bits per heavy atom. The summed E-state index contributed by atoms with van der Waals surface area (Å²) in [5, 5.41) is 5.22. The Morgan fingerprint density at radius 1 is 0.319 bits per heavy atom. The van der Waals surface area contributed by atoms with E-state index < -0.39 is 0 Å². The number of hydrogen-bond donors (Lipinski definition) is 0. The highest BCUT2D eigenvalue weighted by Crippen LogP contribution is 2.62. The lowest BCUT2D eigenvalue weighted by Gasteiger charge is -2.46. The second kappa shape index (κ2) is 15.1. The van der Waals surface area contributed by atoms with E-state index in [0.717, 1.165) is 17.1 Å². The van der Waals surface area contributed by atoms with Crippen LogP contribution in [-0.4, -0.2) is 4.57 Å². The number of anilines is 6. The molecule has 3 nitrogen and oxygen atoms in total. The van der Waals surface area contributed by atoms with Crippen LogP contribution in [0.2, 0.25) is 0 Å². The molecule has 3 aliphatic rings. The van der Waals surface area contributed by atoms with Gasteiger partial charge in [0.25, 0.3) is 0 Å². The van der Waals surface area contributed by atoms with Gasteiger partial charge in [0.15, 0.2) is 0 Å². The minimum Gasteiger partial charge on any atom is -0.310 e. The van der Waals surface area contributed by atoms with Crippen LogP contribution in [0.4, 0.5) is 34.1 Å². The molecule has 0 fully saturated rings. The highest BCUT2D eigenvalue weighted by molar-refractivity contribution is 6.30. The molecule has 0 spiro atoms. The molecule has 3 heterocycles. The van der Waals surface area contributed by atoms with Gasteiger partial charge in [-0.05, 0) is 149 Å². The summed E-state index contributed by atoms with van der Waals surface area (Å²) in [6.45, 7) is 28.0. The molecule has 1 aliphatic carbocycles. The van der Waals surface area contributed by atoms with Gasteiger partial charge in [-0.3, -0.25) is 0 Å². The fourth-order valence-electron chi connectivity index (χ4n) is 12.4. The Hall–Kier alpha value is -7.36. The topological polar surface area (TPSA) is 11.4 Å². The third kappa shape index (κ3) is 6.55. The summed E-state index contributed by atoms with van der Waals surface area (Å²) >= 11 is 0. The Labute approximate surface area is 426 Å². The number of rotatable bonds is 3. The summed E-state index contributed by atoms with van der Waals surface area (Å²) < 4.78 is 2.59. The van der Waals surface area contributed by atoms with Crippen molar-refractivity contribution in [3.05, 3.63) is 209 Å². The molecule has 0 radical (unpaired) electrons. The summed E-state index contributed by atoms with van der Waals surface area (Å²) in [4.78, 5) is 5.19. The van der Waals surface area contributed by atoms with E-state index in [4.69, 9.17) is 0 Å². The van der Waals surface area contributed by atoms with Gasteiger partial charge in [0.2, 0.25) is 0 Å². The fraction of sp³-hybridized carbons (Fsp3) is 0.246. The van der Waals surface area contributed by atoms with Crippen LogP contribution in [-0.2, 0) is 21.7 Å². The first-order valence-corrected chi connectivity index (χ1v) is 26.1. The largest absolute Gasteiger partial charge is 0.310 e. The number of hydrogen-bond acceptors (Lipinski definition) is 2. The minimum absolute atomic E-state index is 0.0180. The first-order chi connectivity index (χ1) is 34.3. The number of nitrogens with zero attached hydrogens (tertiary/aromatic N) is 3. The van der Waals surface area contributed by atoms with Crippen molar-refractivity contribution >= 4 is 66.7 Å². The van der Waals surface area contributed by atoms with Crippen LogP contribution >= 0.6 is 0 Å². The van der Waals surface area contributed by atoms with Crippen molar-refractivity contribution in [3.63, 3.8) is 0 Å². The molecule has 1 aromatic heterocycles. The first kappa shape index (κ1) is 44.6. The zero-order chi connectivity index (χ0) is 50.0. The lowest BCUT2D eigenvalue weighted by molar-refractivity contribution is 0.587. The van der Waals surface area contributed by atoms with E-state index in [1.165, 1.54) is 117 Å². The normalized spacial score (nSPS) is 14.3. The van der Waals surface area contributed by atoms with Gasteiger partial charge in [-0.2, -0.15) is 0 Å². The molecule has 9 aromatic carbocycles. The molecule has 0 amide bonds. The van der Waals surface area contributed by atoms with Crippen molar-refractivity contribution in [2.75, 3.05) is 9.80 Å². The maximum absolute atomic E-state index is 2.60. The van der Waals surface area contributed by atoms with Gasteiger partial charge >= 0.3 is 0 Å². The quantitative estimate of drug-likeness (QED) is 0.175. The average molecular weight is 936 g/mol. The van der Waals surface area contributed by atoms with E-state index in [-0.39, 0.29) is 27.6 Å². The number of aromatic nitrogens is 1. The first-order valence-electron chi connectivity index (χ1n) is 26.1. The summed E-state index contributed by atoms with van der Waals surface area (Å²) in [6.07, 6.45) is 0. The van der Waals surface area contributed by atoms with Crippen LogP contribution in [0, 0.1) is 0 Å². The maximum atomic E-state index is 2.60. The van der Waals surface area contributed by atoms with E-state index in [1.54, 1.807) is 0 Å². The molecule has 356 valence electrons. The van der Waals surface area contributed by atoms with Crippen molar-refractivity contribution in [1.29, 1.82) is 0 Å². The minimum atomic E-state index is -0.0463. The number of benzene rings is 9. The lowest BCUT2D eigenvalue weighted by atomic mass is 9.72. The van der Waals surface area contributed by atoms with Crippen LogP contribution in [0.15, 0.2) is 170 Å². The van der Waals surface area contributed by atoms with E-state index in [9.17, 15) is 0 Å². The smallest absolute Gasteiger partial charge is 0.0548 e. The van der Waals surface area contributed by atoms with E-state index >= 15 is 0 Å². The molecule has 13 rings (SSSR count). The fourth-order valence-corrected chi connectivity index (χ4v) is 12.4. The molecule has 0 N–H and O–H groups in total. The monoisotopic (exact) mass is 936 g/mol. The highest BCUT2D eigenvalue weighted by atomic mass is 15.2. The zero-order valence-corrected chi connectivity index (χ0v) is 44.1. The Balaban J connectivity index is 1.19. The van der Waals surface area contributed by atoms with E-state index in [0.29, 0.717) is 0 Å². The van der Waals surface area contributed by atoms with Crippen molar-refractivity contribution in [2.45, 2.75) is 111 Å². The molecule has 0 saturated heterocycles. The summed E-state index contributed by atoms with van der Waals surface area (Å²) in [7, 11) is 0. The highest BCUT2D eigenvalue weighted by Gasteiger charge is 2.43. The van der Waals surface area contributed by atoms with Crippen molar-refractivity contribution in [3.8, 4) is 27.9 Å². The van der Waals surface area contributed by atoms with Gasteiger partial charge in [0, 0.05) is 33.6 Å². The van der Waals surface area contributed by atoms with Crippen molar-refractivity contribution < 1.29 is 0 Å². The van der Waals surface area contributed by atoms with Crippen LogP contribution in [0.3, 0.4) is 0 Å². The average Bonchev–Trinajstić information content (AvgIpc) is 3.63. The van der Waals surface area contributed by atoms with Gasteiger partial charge in [-0.15, -0.1) is 0 Å². The standard InChI is InChI=1S/C69H65N3/c1-66(2,3)42-24-30-46(31-25-42)70-55-35-28-44(68(7,8)9)37-53(55)62-54-38-45(69(10,11)12)29-36-56(54)71(47-32-26-43(27-33-47)67(4,5)6)60-40-48(39-59(70)64(60)62)72-57-22-16-21-52-50-19-14-13-18-49(50)51-20-15-17-41-23-34-58(72)65(61(41)51)63(52)57/h13-40,62H,1-12H3. The molecule has 0 saturated carbocycles. The molecule has 2 aliphatic heterocycles. The molecular weight excluding hydrogens is 871 g/mol. The predicted octanol–water partition coefficient (Wildman–Crippen LogP) is 19.5. The second-order valence-corrected chi connectivity index (χ2v) is 25.1. The predicted molar refractivity (Wildman–Crippen MR) is 308 cm³/mol. The van der Waals surface area contributed by atoms with Gasteiger partial charge in [0.05, 0.1) is 39.5 Å². The van der Waals surface area contributed by atoms with Gasteiger partial charge < -0.3 is 14.4 Å². The molecule has 0 unspecified atom stereocenters. The van der Waals surface area contributed by atoms with Crippen LogP contribution < -0.4 is 9.80 Å². The van der Waals surface area contributed by atoms with Crippen LogP contribution in [0.1, 0.15) is 128 Å². The molecule has 0 atom stereocenters. The summed E-state index contributed by atoms with van der Waals surface area (Å²) in [6, 6.07) is 66.2. The molecule has 3 heteroatoms. The van der Waals surface area contributed by atoms with E-state index in [2.05, 4.69) is 267 Å².